The second kappa shape index (κ2) is 10.1. The predicted molar refractivity (Wildman–Crippen MR) is 136 cm³/mol. The lowest BCUT2D eigenvalue weighted by Gasteiger charge is -2.33. The number of aliphatic carboxylic acids is 1. The first-order valence-corrected chi connectivity index (χ1v) is 11.4. The van der Waals surface area contributed by atoms with Crippen LogP contribution in [0, 0.1) is 0 Å². The van der Waals surface area contributed by atoms with Crippen LogP contribution in [0.25, 0.3) is 10.9 Å². The van der Waals surface area contributed by atoms with Crippen LogP contribution in [0.4, 0.5) is 10.5 Å². The van der Waals surface area contributed by atoms with Gasteiger partial charge in [0.25, 0.3) is 5.56 Å². The van der Waals surface area contributed by atoms with Gasteiger partial charge < -0.3 is 20.8 Å². The van der Waals surface area contributed by atoms with Crippen molar-refractivity contribution in [3.05, 3.63) is 99.6 Å². The average molecular weight is 507 g/mol. The number of carbonyl (C=O) groups is 2. The number of fused-ring (bicyclic) bond motifs is 1. The zero-order valence-electron chi connectivity index (χ0n) is 19.2. The Kier molecular flexibility index (Phi) is 6.93. The number of nitrogens with one attached hydrogen (secondary N) is 2. The van der Waals surface area contributed by atoms with E-state index in [0.29, 0.717) is 27.2 Å². The zero-order valence-corrected chi connectivity index (χ0v) is 20.0. The van der Waals surface area contributed by atoms with Crippen LogP contribution in [0.1, 0.15) is 24.7 Å². The summed E-state index contributed by atoms with van der Waals surface area (Å²) in [5, 5.41) is 25.3. The van der Waals surface area contributed by atoms with E-state index in [1.165, 1.54) is 16.7 Å². The Morgan fingerprint density at radius 1 is 1.06 bits per heavy atom. The standard InChI is InChI=1S/C26H23ClN4O5/c1-26(16-6-4-7-17(27)14-16,30-25(36)28-18-8-5-9-19(32)15-18)24-29-21-11-3-2-10-20(21)23(35)31(24)13-12-22(33)34/h2-11,14-15,32H,12-13H2,1H3,(H,33,34)(H2,28,30,36). The third-order valence-electron chi connectivity index (χ3n) is 5.73. The summed E-state index contributed by atoms with van der Waals surface area (Å²) in [6.07, 6.45) is -0.325. The van der Waals surface area contributed by atoms with Crippen LogP contribution in [0.3, 0.4) is 0 Å². The van der Waals surface area contributed by atoms with Gasteiger partial charge in [-0.2, -0.15) is 0 Å². The van der Waals surface area contributed by atoms with Gasteiger partial charge in [-0.15, -0.1) is 0 Å². The fraction of sp³-hybridized carbons (Fsp3) is 0.154. The molecule has 0 saturated heterocycles. The highest BCUT2D eigenvalue weighted by molar-refractivity contribution is 6.30. The highest BCUT2D eigenvalue weighted by Gasteiger charge is 2.36. The van der Waals surface area contributed by atoms with Gasteiger partial charge in [-0.05, 0) is 48.9 Å². The number of carboxylic acid groups (broad SMARTS) is 1. The second-order valence-corrected chi connectivity index (χ2v) is 8.75. The summed E-state index contributed by atoms with van der Waals surface area (Å²) in [4.78, 5) is 42.7. The Morgan fingerprint density at radius 2 is 1.81 bits per heavy atom. The molecule has 4 rings (SSSR count). The van der Waals surface area contributed by atoms with Crippen LogP contribution < -0.4 is 16.2 Å². The number of nitrogens with zero attached hydrogens (tertiary/aromatic N) is 2. The van der Waals surface area contributed by atoms with Gasteiger partial charge in [0.2, 0.25) is 0 Å². The highest BCUT2D eigenvalue weighted by Crippen LogP contribution is 2.31. The summed E-state index contributed by atoms with van der Waals surface area (Å²) in [5.41, 5.74) is -0.580. The molecule has 4 aromatic rings. The van der Waals surface area contributed by atoms with E-state index in [-0.39, 0.29) is 24.5 Å². The molecule has 0 radical (unpaired) electrons. The number of phenols is 1. The molecule has 10 heteroatoms. The molecule has 4 N–H and O–H groups in total. The van der Waals surface area contributed by atoms with Crippen molar-refractivity contribution in [2.24, 2.45) is 0 Å². The van der Waals surface area contributed by atoms with E-state index in [1.54, 1.807) is 67.6 Å². The minimum absolute atomic E-state index is 0.0240. The number of amides is 2. The van der Waals surface area contributed by atoms with Crippen molar-refractivity contribution in [2.75, 3.05) is 5.32 Å². The summed E-state index contributed by atoms with van der Waals surface area (Å²) in [6.45, 7) is 1.50. The number of urea groups is 1. The van der Waals surface area contributed by atoms with Crippen LogP contribution in [0.15, 0.2) is 77.6 Å². The lowest BCUT2D eigenvalue weighted by molar-refractivity contribution is -0.137. The molecule has 1 unspecified atom stereocenters. The number of carbonyl (C=O) groups excluding carboxylic acids is 1. The summed E-state index contributed by atoms with van der Waals surface area (Å²) in [5.74, 6) is -0.968. The van der Waals surface area contributed by atoms with Gasteiger partial charge in [-0.25, -0.2) is 9.78 Å². The number of anilines is 1. The van der Waals surface area contributed by atoms with Crippen LogP contribution in [-0.2, 0) is 16.9 Å². The summed E-state index contributed by atoms with van der Waals surface area (Å²) in [7, 11) is 0. The fourth-order valence-corrected chi connectivity index (χ4v) is 4.18. The molecule has 184 valence electrons. The second-order valence-electron chi connectivity index (χ2n) is 8.32. The van der Waals surface area contributed by atoms with Gasteiger partial charge in [0.1, 0.15) is 17.1 Å². The third-order valence-corrected chi connectivity index (χ3v) is 5.96. The van der Waals surface area contributed by atoms with E-state index in [0.717, 1.165) is 0 Å². The molecule has 0 fully saturated rings. The zero-order chi connectivity index (χ0) is 25.9. The fourth-order valence-electron chi connectivity index (χ4n) is 3.99. The molecule has 0 aliphatic heterocycles. The smallest absolute Gasteiger partial charge is 0.320 e. The van der Waals surface area contributed by atoms with Crippen molar-refractivity contribution >= 4 is 40.2 Å². The van der Waals surface area contributed by atoms with E-state index in [2.05, 4.69) is 10.6 Å². The van der Waals surface area contributed by atoms with Crippen LogP contribution >= 0.6 is 11.6 Å². The Hall–Kier alpha value is -4.37. The van der Waals surface area contributed by atoms with Gasteiger partial charge in [-0.3, -0.25) is 14.2 Å². The van der Waals surface area contributed by atoms with Crippen molar-refractivity contribution in [1.29, 1.82) is 0 Å². The van der Waals surface area contributed by atoms with E-state index >= 15 is 0 Å². The first-order valence-electron chi connectivity index (χ1n) is 11.0. The lowest BCUT2D eigenvalue weighted by atomic mass is 9.90. The van der Waals surface area contributed by atoms with Gasteiger partial charge in [0, 0.05) is 23.3 Å². The number of aromatic nitrogens is 2. The lowest BCUT2D eigenvalue weighted by Crippen LogP contribution is -2.50. The molecule has 36 heavy (non-hydrogen) atoms. The molecule has 0 bridgehead atoms. The molecular formula is C26H23ClN4O5. The van der Waals surface area contributed by atoms with E-state index in [4.69, 9.17) is 16.6 Å². The van der Waals surface area contributed by atoms with Crippen molar-refractivity contribution in [3.8, 4) is 5.75 Å². The Labute approximate surface area is 211 Å². The summed E-state index contributed by atoms with van der Waals surface area (Å²) in [6, 6.07) is 18.8. The van der Waals surface area contributed by atoms with Crippen molar-refractivity contribution in [2.45, 2.75) is 25.4 Å². The predicted octanol–water partition coefficient (Wildman–Crippen LogP) is 4.32. The minimum atomic E-state index is -1.41. The van der Waals surface area contributed by atoms with E-state index in [9.17, 15) is 24.6 Å². The SMILES string of the molecule is CC(NC(=O)Nc1cccc(O)c1)(c1cccc(Cl)c1)c1nc2ccccc2c(=O)n1CCC(=O)O. The maximum Gasteiger partial charge on any atom is 0.320 e. The Balaban J connectivity index is 1.89. The van der Waals surface area contributed by atoms with Gasteiger partial charge >= 0.3 is 12.0 Å². The number of aromatic hydroxyl groups is 1. The van der Waals surface area contributed by atoms with E-state index < -0.39 is 23.1 Å². The molecule has 0 aliphatic carbocycles. The maximum absolute atomic E-state index is 13.5. The molecule has 2 amide bonds. The molecule has 1 heterocycles. The number of para-hydroxylation sites is 1. The topological polar surface area (TPSA) is 134 Å². The number of rotatable bonds is 7. The number of halogens is 1. The largest absolute Gasteiger partial charge is 0.508 e. The van der Waals surface area contributed by atoms with E-state index in [1.807, 2.05) is 0 Å². The quantitative estimate of drug-likeness (QED) is 0.295. The Bertz CT molecular complexity index is 1520. The molecule has 1 aromatic heterocycles. The van der Waals surface area contributed by atoms with Crippen molar-refractivity contribution in [1.82, 2.24) is 14.9 Å². The van der Waals surface area contributed by atoms with Crippen molar-refractivity contribution < 1.29 is 19.8 Å². The number of benzene rings is 3. The van der Waals surface area contributed by atoms with Crippen LogP contribution in [0.5, 0.6) is 5.75 Å². The molecular weight excluding hydrogens is 484 g/mol. The number of phenolic OH excluding ortho intramolecular Hbond substituents is 1. The molecule has 0 aliphatic rings. The average Bonchev–Trinajstić information content (AvgIpc) is 2.83. The molecule has 1 atom stereocenters. The molecule has 9 nitrogen and oxygen atoms in total. The number of hydrogen-bond donors (Lipinski definition) is 4. The number of hydrogen-bond acceptors (Lipinski definition) is 5. The molecule has 0 spiro atoms. The molecule has 3 aromatic carbocycles. The first-order chi connectivity index (χ1) is 17.2. The highest BCUT2D eigenvalue weighted by atomic mass is 35.5. The monoisotopic (exact) mass is 506 g/mol. The Morgan fingerprint density at radius 3 is 2.53 bits per heavy atom. The molecule has 0 saturated carbocycles. The van der Waals surface area contributed by atoms with Crippen LogP contribution in [-0.4, -0.2) is 31.8 Å². The van der Waals surface area contributed by atoms with Gasteiger partial charge in [0.15, 0.2) is 0 Å². The summed E-state index contributed by atoms with van der Waals surface area (Å²) >= 11 is 6.27. The summed E-state index contributed by atoms with van der Waals surface area (Å²) < 4.78 is 1.27. The minimum Gasteiger partial charge on any atom is -0.508 e. The number of carboxylic acids is 1. The first kappa shape index (κ1) is 24.7. The van der Waals surface area contributed by atoms with Gasteiger partial charge in [0.05, 0.1) is 17.3 Å². The van der Waals surface area contributed by atoms with Crippen molar-refractivity contribution in [3.63, 3.8) is 0 Å². The third kappa shape index (κ3) is 5.16. The maximum atomic E-state index is 13.5. The normalized spacial score (nSPS) is 12.6. The van der Waals surface area contributed by atoms with Crippen LogP contribution in [0.2, 0.25) is 5.02 Å². The van der Waals surface area contributed by atoms with Gasteiger partial charge in [-0.1, -0.05) is 41.9 Å².